The molecule has 1 aromatic carbocycles. The van der Waals surface area contributed by atoms with E-state index in [-0.39, 0.29) is 0 Å². The number of aromatic nitrogens is 4. The Morgan fingerprint density at radius 3 is 2.84 bits per heavy atom. The predicted octanol–water partition coefficient (Wildman–Crippen LogP) is 2.90. The maximum atomic E-state index is 5.33. The standard InChI is InChI=1S/C19H23N5O/c1-14-10-18(24-19(22-14)20-13-21-24)23-8-6-15(7-9-23)11-16-4-3-5-17(12-16)25-2/h3-5,10,12-13,15H,6-9,11H2,1-2H3. The van der Waals surface area contributed by atoms with Crippen molar-refractivity contribution in [2.75, 3.05) is 25.1 Å². The zero-order valence-corrected chi connectivity index (χ0v) is 14.7. The van der Waals surface area contributed by atoms with Crippen LogP contribution in [0.4, 0.5) is 5.82 Å². The summed E-state index contributed by atoms with van der Waals surface area (Å²) in [6, 6.07) is 10.5. The lowest BCUT2D eigenvalue weighted by Gasteiger charge is -2.33. The Hall–Kier alpha value is -2.63. The molecule has 1 aliphatic rings. The maximum absolute atomic E-state index is 5.33. The van der Waals surface area contributed by atoms with Gasteiger partial charge in [-0.15, -0.1) is 0 Å². The Labute approximate surface area is 147 Å². The van der Waals surface area contributed by atoms with Crippen molar-refractivity contribution in [3.8, 4) is 5.75 Å². The molecule has 3 aromatic rings. The van der Waals surface area contributed by atoms with Gasteiger partial charge < -0.3 is 9.64 Å². The summed E-state index contributed by atoms with van der Waals surface area (Å²) in [5, 5.41) is 4.33. The molecular weight excluding hydrogens is 314 g/mol. The third kappa shape index (κ3) is 3.29. The van der Waals surface area contributed by atoms with Crippen molar-refractivity contribution >= 4 is 11.6 Å². The second-order valence-corrected chi connectivity index (χ2v) is 6.71. The Balaban J connectivity index is 1.45. The van der Waals surface area contributed by atoms with Crippen molar-refractivity contribution in [1.29, 1.82) is 0 Å². The normalized spacial score (nSPS) is 15.7. The van der Waals surface area contributed by atoms with Gasteiger partial charge in [-0.05, 0) is 49.8 Å². The topological polar surface area (TPSA) is 55.5 Å². The second-order valence-electron chi connectivity index (χ2n) is 6.71. The zero-order valence-electron chi connectivity index (χ0n) is 14.7. The Morgan fingerprint density at radius 2 is 2.04 bits per heavy atom. The van der Waals surface area contributed by atoms with Gasteiger partial charge in [0.2, 0.25) is 0 Å². The molecule has 4 rings (SSSR count). The SMILES string of the molecule is COc1cccc(CC2CCN(c3cc(C)nc4ncnn34)CC2)c1. The Morgan fingerprint density at radius 1 is 1.20 bits per heavy atom. The molecule has 6 nitrogen and oxygen atoms in total. The van der Waals surface area contributed by atoms with Crippen LogP contribution in [-0.4, -0.2) is 39.8 Å². The van der Waals surface area contributed by atoms with E-state index >= 15 is 0 Å². The fraction of sp³-hybridized carbons (Fsp3) is 0.421. The first-order valence-corrected chi connectivity index (χ1v) is 8.78. The molecule has 25 heavy (non-hydrogen) atoms. The van der Waals surface area contributed by atoms with E-state index in [1.165, 1.54) is 18.4 Å². The molecule has 1 saturated heterocycles. The molecule has 3 heterocycles. The molecular formula is C19H23N5O. The van der Waals surface area contributed by atoms with Crippen molar-refractivity contribution in [3.05, 3.63) is 47.9 Å². The predicted molar refractivity (Wildman–Crippen MR) is 97.2 cm³/mol. The van der Waals surface area contributed by atoms with Gasteiger partial charge >= 0.3 is 0 Å². The number of piperidine rings is 1. The minimum absolute atomic E-state index is 0.675. The number of hydrogen-bond donors (Lipinski definition) is 0. The second kappa shape index (κ2) is 6.70. The minimum Gasteiger partial charge on any atom is -0.497 e. The van der Waals surface area contributed by atoms with E-state index < -0.39 is 0 Å². The van der Waals surface area contributed by atoms with E-state index in [2.05, 4.69) is 44.2 Å². The van der Waals surface area contributed by atoms with Crippen LogP contribution in [-0.2, 0) is 6.42 Å². The fourth-order valence-corrected chi connectivity index (χ4v) is 3.64. The summed E-state index contributed by atoms with van der Waals surface area (Å²) in [5.74, 6) is 3.42. The highest BCUT2D eigenvalue weighted by Crippen LogP contribution is 2.27. The van der Waals surface area contributed by atoms with Gasteiger partial charge in [0.25, 0.3) is 5.78 Å². The van der Waals surface area contributed by atoms with E-state index in [1.807, 2.05) is 17.5 Å². The van der Waals surface area contributed by atoms with Gasteiger partial charge in [-0.3, -0.25) is 0 Å². The summed E-state index contributed by atoms with van der Waals surface area (Å²) >= 11 is 0. The average Bonchev–Trinajstić information content (AvgIpc) is 3.10. The fourth-order valence-electron chi connectivity index (χ4n) is 3.64. The molecule has 0 radical (unpaired) electrons. The molecule has 1 aliphatic heterocycles. The molecule has 2 aromatic heterocycles. The largest absolute Gasteiger partial charge is 0.497 e. The van der Waals surface area contributed by atoms with Crippen LogP contribution >= 0.6 is 0 Å². The molecule has 0 spiro atoms. The number of rotatable bonds is 4. The zero-order chi connectivity index (χ0) is 17.2. The third-order valence-electron chi connectivity index (χ3n) is 4.96. The van der Waals surface area contributed by atoms with Crippen LogP contribution in [0.25, 0.3) is 5.78 Å². The van der Waals surface area contributed by atoms with Gasteiger partial charge in [0.05, 0.1) is 7.11 Å². The summed E-state index contributed by atoms with van der Waals surface area (Å²) in [6.07, 6.45) is 5.03. The van der Waals surface area contributed by atoms with Crippen LogP contribution in [0.2, 0.25) is 0 Å². The van der Waals surface area contributed by atoms with Crippen molar-refractivity contribution in [1.82, 2.24) is 19.6 Å². The lowest BCUT2D eigenvalue weighted by Crippen LogP contribution is -2.35. The number of aryl methyl sites for hydroxylation is 1. The number of fused-ring (bicyclic) bond motifs is 1. The molecule has 0 N–H and O–H groups in total. The molecule has 0 atom stereocenters. The highest BCUT2D eigenvalue weighted by Gasteiger charge is 2.22. The van der Waals surface area contributed by atoms with Crippen LogP contribution < -0.4 is 9.64 Å². The number of ether oxygens (including phenoxy) is 1. The quantitative estimate of drug-likeness (QED) is 0.733. The highest BCUT2D eigenvalue weighted by atomic mass is 16.5. The van der Waals surface area contributed by atoms with Gasteiger partial charge in [-0.25, -0.2) is 4.98 Å². The number of hydrogen-bond acceptors (Lipinski definition) is 5. The molecule has 0 bridgehead atoms. The maximum Gasteiger partial charge on any atom is 0.254 e. The molecule has 0 aliphatic carbocycles. The van der Waals surface area contributed by atoms with Gasteiger partial charge in [0.15, 0.2) is 0 Å². The molecule has 6 heteroatoms. The monoisotopic (exact) mass is 337 g/mol. The van der Waals surface area contributed by atoms with Gasteiger partial charge in [-0.2, -0.15) is 14.6 Å². The van der Waals surface area contributed by atoms with Crippen LogP contribution in [0, 0.1) is 12.8 Å². The smallest absolute Gasteiger partial charge is 0.254 e. The van der Waals surface area contributed by atoms with Crippen LogP contribution in [0.15, 0.2) is 36.7 Å². The summed E-state index contributed by atoms with van der Waals surface area (Å²) in [6.45, 7) is 4.08. The first-order valence-electron chi connectivity index (χ1n) is 8.78. The van der Waals surface area contributed by atoms with Crippen LogP contribution in [0.3, 0.4) is 0 Å². The first-order chi connectivity index (χ1) is 12.2. The molecule has 0 saturated carbocycles. The van der Waals surface area contributed by atoms with E-state index in [4.69, 9.17) is 4.74 Å². The Bertz CT molecular complexity index is 867. The van der Waals surface area contributed by atoms with Crippen molar-refractivity contribution < 1.29 is 4.74 Å². The average molecular weight is 337 g/mol. The minimum atomic E-state index is 0.675. The highest BCUT2D eigenvalue weighted by molar-refractivity contribution is 5.47. The summed E-state index contributed by atoms with van der Waals surface area (Å²) < 4.78 is 7.18. The molecule has 1 fully saturated rings. The van der Waals surface area contributed by atoms with Gasteiger partial charge in [0.1, 0.15) is 17.9 Å². The number of methoxy groups -OCH3 is 1. The first kappa shape index (κ1) is 15.9. The van der Waals surface area contributed by atoms with E-state index in [1.54, 1.807) is 13.4 Å². The number of anilines is 1. The van der Waals surface area contributed by atoms with E-state index in [9.17, 15) is 0 Å². The number of nitrogens with zero attached hydrogens (tertiary/aromatic N) is 5. The van der Waals surface area contributed by atoms with E-state index in [0.29, 0.717) is 11.7 Å². The molecule has 0 unspecified atom stereocenters. The van der Waals surface area contributed by atoms with Crippen molar-refractivity contribution in [2.45, 2.75) is 26.2 Å². The summed E-state index contributed by atoms with van der Waals surface area (Å²) in [5.41, 5.74) is 2.34. The van der Waals surface area contributed by atoms with Crippen LogP contribution in [0.5, 0.6) is 5.75 Å². The Kier molecular flexibility index (Phi) is 4.26. The number of benzene rings is 1. The van der Waals surface area contributed by atoms with Crippen molar-refractivity contribution in [3.63, 3.8) is 0 Å². The summed E-state index contributed by atoms with van der Waals surface area (Å²) in [4.78, 5) is 11.1. The lowest BCUT2D eigenvalue weighted by molar-refractivity contribution is 0.397. The van der Waals surface area contributed by atoms with Gasteiger partial charge in [0, 0.05) is 24.8 Å². The molecule has 0 amide bonds. The van der Waals surface area contributed by atoms with E-state index in [0.717, 1.165) is 36.8 Å². The molecule has 130 valence electrons. The third-order valence-corrected chi connectivity index (χ3v) is 4.96. The van der Waals surface area contributed by atoms with Gasteiger partial charge in [-0.1, -0.05) is 12.1 Å². The van der Waals surface area contributed by atoms with Crippen molar-refractivity contribution in [2.24, 2.45) is 5.92 Å². The lowest BCUT2D eigenvalue weighted by atomic mass is 9.90. The summed E-state index contributed by atoms with van der Waals surface area (Å²) in [7, 11) is 1.72. The van der Waals surface area contributed by atoms with Crippen LogP contribution in [0.1, 0.15) is 24.1 Å².